The quantitative estimate of drug-likeness (QED) is 0.112. The second kappa shape index (κ2) is 19.2. The second-order valence-electron chi connectivity index (χ2n) is 11.1. The molecule has 0 bridgehead atoms. The minimum absolute atomic E-state index is 0.111. The zero-order valence-corrected chi connectivity index (χ0v) is 27.3. The van der Waals surface area contributed by atoms with E-state index in [1.54, 1.807) is 6.33 Å². The van der Waals surface area contributed by atoms with Crippen LogP contribution in [0.1, 0.15) is 69.3 Å². The third-order valence-electron chi connectivity index (χ3n) is 6.91. The summed E-state index contributed by atoms with van der Waals surface area (Å²) in [4.78, 5) is 34.4. The van der Waals surface area contributed by atoms with Crippen molar-refractivity contribution in [3.8, 4) is 11.1 Å². The number of hydrogen-bond donors (Lipinski definition) is 3. The molecule has 9 heteroatoms. The predicted octanol–water partition coefficient (Wildman–Crippen LogP) is 6.30. The topological polar surface area (TPSA) is 126 Å². The van der Waals surface area contributed by atoms with Gasteiger partial charge in [-0.05, 0) is 74.6 Å². The summed E-state index contributed by atoms with van der Waals surface area (Å²) in [7, 11) is 0. The predicted molar refractivity (Wildman–Crippen MR) is 178 cm³/mol. The van der Waals surface area contributed by atoms with E-state index in [9.17, 15) is 9.59 Å². The average molecular weight is 604 g/mol. The summed E-state index contributed by atoms with van der Waals surface area (Å²) < 4.78 is 4.90. The maximum absolute atomic E-state index is 10.5. The van der Waals surface area contributed by atoms with Crippen molar-refractivity contribution in [1.82, 2.24) is 15.3 Å². The Labute approximate surface area is 262 Å². The van der Waals surface area contributed by atoms with Crippen molar-refractivity contribution in [3.05, 3.63) is 71.2 Å². The van der Waals surface area contributed by atoms with Gasteiger partial charge >= 0.3 is 5.97 Å². The number of aromatic nitrogens is 2. The highest BCUT2D eigenvalue weighted by Crippen LogP contribution is 2.26. The normalized spacial score (nSPS) is 12.2. The number of aryl methyl sites for hydroxylation is 3. The monoisotopic (exact) mass is 603 g/mol. The molecule has 3 rings (SSSR count). The van der Waals surface area contributed by atoms with Crippen LogP contribution in [0, 0.1) is 26.7 Å². The molecule has 0 radical (unpaired) electrons. The maximum atomic E-state index is 10.5. The molecule has 0 saturated carbocycles. The lowest BCUT2D eigenvalue weighted by Crippen LogP contribution is -2.32. The number of aliphatic imine (C=N–C) groups is 1. The number of nitrogens with zero attached hydrogens (tertiary/aromatic N) is 3. The first-order valence-electron chi connectivity index (χ1n) is 15.3. The van der Waals surface area contributed by atoms with Gasteiger partial charge in [0.15, 0.2) is 5.82 Å². The minimum Gasteiger partial charge on any atom is -0.461 e. The fraction of sp³-hybridized carbons (Fsp3) is 0.457. The van der Waals surface area contributed by atoms with Crippen LogP contribution in [0.25, 0.3) is 11.1 Å². The van der Waals surface area contributed by atoms with Gasteiger partial charge in [-0.15, -0.1) is 0 Å². The van der Waals surface area contributed by atoms with Crippen molar-refractivity contribution < 1.29 is 19.4 Å². The molecule has 9 nitrogen and oxygen atoms in total. The van der Waals surface area contributed by atoms with Crippen LogP contribution in [0.15, 0.2) is 53.8 Å². The Morgan fingerprint density at radius 3 is 2.39 bits per heavy atom. The lowest BCUT2D eigenvalue weighted by Gasteiger charge is -2.14. The molecule has 3 aromatic rings. The third-order valence-corrected chi connectivity index (χ3v) is 6.91. The maximum Gasteiger partial charge on any atom is 0.302 e. The van der Waals surface area contributed by atoms with Gasteiger partial charge in [-0.1, -0.05) is 61.9 Å². The van der Waals surface area contributed by atoms with E-state index in [0.29, 0.717) is 13.0 Å². The van der Waals surface area contributed by atoms with Crippen molar-refractivity contribution in [1.29, 1.82) is 0 Å². The number of anilines is 1. The molecule has 44 heavy (non-hydrogen) atoms. The molecule has 2 aromatic carbocycles. The minimum atomic E-state index is -0.313. The standard InChI is InChI=1S/C27H34N4O.C8H15NO3/c1-19-7-12-25(21(3)15-19)24-10-8-23(9-11-24)16-20(2)17-29-26-22(4)30-18-31-27(26)28-13-5-6-14-32;1-4-8(12-7(3)11)5-9-6(2)10/h7-12,15,17-18,20,32H,5-6,13-14,16H2,1-4H3,(H,28,30,31);8H,4-5H2,1-3H3,(H,9,10). The van der Waals surface area contributed by atoms with E-state index in [0.717, 1.165) is 43.0 Å². The van der Waals surface area contributed by atoms with E-state index >= 15 is 0 Å². The number of carbonyl (C=O) groups is 2. The summed E-state index contributed by atoms with van der Waals surface area (Å²) in [6.45, 7) is 14.5. The van der Waals surface area contributed by atoms with Crippen molar-refractivity contribution in [2.75, 3.05) is 25.0 Å². The molecule has 0 fully saturated rings. The molecule has 0 aliphatic heterocycles. The Kier molecular flexibility index (Phi) is 15.8. The number of aliphatic hydroxyl groups is 1. The largest absolute Gasteiger partial charge is 0.461 e. The molecule has 0 saturated heterocycles. The number of benzene rings is 2. The van der Waals surface area contributed by atoms with Gasteiger partial charge in [0, 0.05) is 33.2 Å². The van der Waals surface area contributed by atoms with Crippen LogP contribution in [0.2, 0.25) is 0 Å². The van der Waals surface area contributed by atoms with Gasteiger partial charge in [0.25, 0.3) is 0 Å². The first-order chi connectivity index (χ1) is 21.0. The lowest BCUT2D eigenvalue weighted by atomic mass is 9.96. The van der Waals surface area contributed by atoms with Crippen LogP contribution in [0.5, 0.6) is 0 Å². The molecule has 0 spiro atoms. The summed E-state index contributed by atoms with van der Waals surface area (Å²) in [5.41, 5.74) is 8.07. The van der Waals surface area contributed by atoms with Gasteiger partial charge in [-0.25, -0.2) is 9.97 Å². The van der Waals surface area contributed by atoms with Crippen LogP contribution in [-0.4, -0.2) is 59.0 Å². The van der Waals surface area contributed by atoms with Gasteiger partial charge in [-0.2, -0.15) is 0 Å². The Morgan fingerprint density at radius 1 is 1.05 bits per heavy atom. The number of nitrogens with one attached hydrogen (secondary N) is 2. The van der Waals surface area contributed by atoms with E-state index < -0.39 is 0 Å². The first kappa shape index (κ1) is 36.1. The van der Waals surface area contributed by atoms with Crippen LogP contribution in [-0.2, 0) is 20.7 Å². The molecule has 1 amide bonds. The van der Waals surface area contributed by atoms with E-state index in [2.05, 4.69) is 83.8 Å². The zero-order valence-electron chi connectivity index (χ0n) is 27.3. The van der Waals surface area contributed by atoms with Gasteiger partial charge in [0.05, 0.1) is 12.2 Å². The van der Waals surface area contributed by atoms with Crippen LogP contribution < -0.4 is 10.6 Å². The summed E-state index contributed by atoms with van der Waals surface area (Å²) in [5.74, 6) is 0.605. The average Bonchev–Trinajstić information content (AvgIpc) is 2.98. The molecule has 1 heterocycles. The summed E-state index contributed by atoms with van der Waals surface area (Å²) in [6.07, 6.45) is 6.63. The fourth-order valence-electron chi connectivity index (χ4n) is 4.54. The van der Waals surface area contributed by atoms with Crippen LogP contribution in [0.3, 0.4) is 0 Å². The highest BCUT2D eigenvalue weighted by Gasteiger charge is 2.10. The van der Waals surface area contributed by atoms with E-state index in [1.165, 1.54) is 41.7 Å². The SMILES string of the molecule is CCC(CNC(C)=O)OC(C)=O.Cc1ccc(-c2ccc(CC(C)C=Nc3c(C)ncnc3NCCCCO)cc2)c(C)c1. The third kappa shape index (κ3) is 13.0. The Hall–Kier alpha value is -4.11. The number of ether oxygens (including phenoxy) is 1. The number of amides is 1. The van der Waals surface area contributed by atoms with Crippen LogP contribution in [0.4, 0.5) is 11.5 Å². The summed E-state index contributed by atoms with van der Waals surface area (Å²) in [6, 6.07) is 15.4. The van der Waals surface area contributed by atoms with Crippen molar-refractivity contribution >= 4 is 29.6 Å². The molecule has 2 atom stereocenters. The number of carbonyl (C=O) groups excluding carboxylic acids is 2. The number of unbranched alkanes of at least 4 members (excludes halogenated alkanes) is 1. The summed E-state index contributed by atoms with van der Waals surface area (Å²) >= 11 is 0. The Balaban J connectivity index is 0.000000477. The Bertz CT molecular complexity index is 1360. The number of rotatable bonds is 14. The zero-order chi connectivity index (χ0) is 32.5. The molecular formula is C35H49N5O4. The van der Waals surface area contributed by atoms with Crippen molar-refractivity contribution in [2.24, 2.45) is 10.9 Å². The first-order valence-corrected chi connectivity index (χ1v) is 15.3. The van der Waals surface area contributed by atoms with Gasteiger partial charge in [0.1, 0.15) is 18.1 Å². The number of aliphatic hydroxyl groups excluding tert-OH is 1. The Morgan fingerprint density at radius 2 is 1.77 bits per heavy atom. The molecule has 0 aliphatic rings. The smallest absolute Gasteiger partial charge is 0.302 e. The summed E-state index contributed by atoms with van der Waals surface area (Å²) in [5, 5.41) is 14.8. The molecular weight excluding hydrogens is 554 g/mol. The number of hydrogen-bond acceptors (Lipinski definition) is 8. The molecule has 0 aliphatic carbocycles. The number of esters is 1. The van der Waals surface area contributed by atoms with Crippen molar-refractivity contribution in [3.63, 3.8) is 0 Å². The van der Waals surface area contributed by atoms with Gasteiger partial charge in [0.2, 0.25) is 5.91 Å². The molecule has 3 N–H and O–H groups in total. The van der Waals surface area contributed by atoms with E-state index in [-0.39, 0.29) is 30.5 Å². The van der Waals surface area contributed by atoms with Gasteiger partial charge in [-0.3, -0.25) is 14.6 Å². The van der Waals surface area contributed by atoms with E-state index in [1.807, 2.05) is 20.1 Å². The van der Waals surface area contributed by atoms with Crippen LogP contribution >= 0.6 is 0 Å². The highest BCUT2D eigenvalue weighted by atomic mass is 16.5. The molecule has 2 unspecified atom stereocenters. The fourth-order valence-corrected chi connectivity index (χ4v) is 4.54. The van der Waals surface area contributed by atoms with E-state index in [4.69, 9.17) is 14.8 Å². The molecule has 1 aromatic heterocycles. The molecule has 238 valence electrons. The lowest BCUT2D eigenvalue weighted by molar-refractivity contribution is -0.146. The second-order valence-corrected chi connectivity index (χ2v) is 11.1. The van der Waals surface area contributed by atoms with Crippen molar-refractivity contribution in [2.45, 2.75) is 80.3 Å². The van der Waals surface area contributed by atoms with Gasteiger partial charge < -0.3 is 20.5 Å². The highest BCUT2D eigenvalue weighted by molar-refractivity contribution is 5.73.